The Bertz CT molecular complexity index is 858. The fraction of sp³-hybridized carbons (Fsp3) is 0.429. The van der Waals surface area contributed by atoms with Gasteiger partial charge in [0.25, 0.3) is 10.0 Å². The minimum Gasteiger partial charge on any atom is -1.00 e. The highest BCUT2D eigenvalue weighted by atomic mass is 35.5. The van der Waals surface area contributed by atoms with E-state index in [0.717, 1.165) is 25.9 Å². The lowest BCUT2D eigenvalue weighted by Gasteiger charge is -2.30. The molecule has 1 aliphatic rings. The number of piperidine rings is 1. The number of likely N-dealkylation sites (tertiary alicyclic amines) is 1. The number of halogens is 1. The summed E-state index contributed by atoms with van der Waals surface area (Å²) in [5.74, 6) is 0.458. The SMILES string of the molecule is COc1ccccc1N(CC(O)C[NH+]1CCCCC1)S(=O)(=O)c1ccccc1.[Cl-]. The van der Waals surface area contributed by atoms with Crippen molar-refractivity contribution in [2.75, 3.05) is 37.6 Å². The molecule has 1 saturated heterocycles. The molecule has 0 radical (unpaired) electrons. The number of aliphatic hydroxyl groups is 1. The average Bonchev–Trinajstić information content (AvgIpc) is 2.73. The molecule has 0 amide bonds. The molecular formula is C21H29ClN2O4S. The molecule has 3 rings (SSSR count). The first kappa shape index (κ1) is 23.5. The molecule has 160 valence electrons. The molecule has 0 aliphatic carbocycles. The maximum absolute atomic E-state index is 13.4. The van der Waals surface area contributed by atoms with Crippen molar-refractivity contribution in [3.8, 4) is 5.75 Å². The molecule has 1 unspecified atom stereocenters. The quantitative estimate of drug-likeness (QED) is 0.514. The van der Waals surface area contributed by atoms with Crippen molar-refractivity contribution in [1.82, 2.24) is 0 Å². The summed E-state index contributed by atoms with van der Waals surface area (Å²) < 4.78 is 33.4. The summed E-state index contributed by atoms with van der Waals surface area (Å²) in [6, 6.07) is 15.3. The van der Waals surface area contributed by atoms with Crippen LogP contribution in [0.3, 0.4) is 0 Å². The molecule has 0 aromatic heterocycles. The second kappa shape index (κ2) is 10.8. The summed E-state index contributed by atoms with van der Waals surface area (Å²) in [5, 5.41) is 10.7. The lowest BCUT2D eigenvalue weighted by Crippen LogP contribution is -3.14. The Kier molecular flexibility index (Phi) is 8.77. The highest BCUT2D eigenvalue weighted by molar-refractivity contribution is 7.92. The molecular weight excluding hydrogens is 412 g/mol. The smallest absolute Gasteiger partial charge is 0.264 e. The Morgan fingerprint density at radius 3 is 2.31 bits per heavy atom. The molecule has 29 heavy (non-hydrogen) atoms. The fourth-order valence-corrected chi connectivity index (χ4v) is 5.26. The first-order valence-corrected chi connectivity index (χ1v) is 11.2. The van der Waals surface area contributed by atoms with Gasteiger partial charge in [0, 0.05) is 0 Å². The number of para-hydroxylation sites is 2. The molecule has 8 heteroatoms. The first-order chi connectivity index (χ1) is 13.5. The van der Waals surface area contributed by atoms with Crippen LogP contribution in [0.25, 0.3) is 0 Å². The lowest BCUT2D eigenvalue weighted by atomic mass is 10.1. The number of methoxy groups -OCH3 is 1. The third-order valence-electron chi connectivity index (χ3n) is 5.15. The van der Waals surface area contributed by atoms with Crippen molar-refractivity contribution in [1.29, 1.82) is 0 Å². The van der Waals surface area contributed by atoms with Crippen LogP contribution < -0.4 is 26.3 Å². The van der Waals surface area contributed by atoms with Crippen molar-refractivity contribution in [2.45, 2.75) is 30.3 Å². The standard InChI is InChI=1S/C21H28N2O4S.ClH/c1-27-21-13-7-6-12-20(21)23(28(25,26)19-10-4-2-5-11-19)17-18(24)16-22-14-8-3-9-15-22;/h2,4-7,10-13,18,24H,3,8-9,14-17H2,1H3;1H. The molecule has 1 heterocycles. The Morgan fingerprint density at radius 1 is 1.03 bits per heavy atom. The van der Waals surface area contributed by atoms with Crippen molar-refractivity contribution in [3.05, 3.63) is 54.6 Å². The maximum Gasteiger partial charge on any atom is 0.264 e. The largest absolute Gasteiger partial charge is 1.00 e. The highest BCUT2D eigenvalue weighted by Gasteiger charge is 2.30. The lowest BCUT2D eigenvalue weighted by molar-refractivity contribution is -0.907. The Morgan fingerprint density at radius 2 is 1.66 bits per heavy atom. The molecule has 2 N–H and O–H groups in total. The van der Waals surface area contributed by atoms with Gasteiger partial charge in [0.15, 0.2) is 0 Å². The monoisotopic (exact) mass is 440 g/mol. The number of aliphatic hydroxyl groups excluding tert-OH is 1. The van der Waals surface area contributed by atoms with Crippen molar-refractivity contribution in [2.24, 2.45) is 0 Å². The number of ether oxygens (including phenoxy) is 1. The normalized spacial score (nSPS) is 15.9. The number of hydrogen-bond acceptors (Lipinski definition) is 4. The van der Waals surface area contributed by atoms with E-state index in [1.54, 1.807) is 54.6 Å². The van der Waals surface area contributed by atoms with E-state index in [2.05, 4.69) is 0 Å². The van der Waals surface area contributed by atoms with E-state index in [-0.39, 0.29) is 23.8 Å². The summed E-state index contributed by atoms with van der Waals surface area (Å²) in [6.45, 7) is 2.57. The Balaban J connectivity index is 0.00000300. The molecule has 1 fully saturated rings. The molecule has 2 aromatic carbocycles. The van der Waals surface area contributed by atoms with Crippen LogP contribution in [0, 0.1) is 0 Å². The van der Waals surface area contributed by atoms with E-state index in [1.165, 1.54) is 22.7 Å². The summed E-state index contributed by atoms with van der Waals surface area (Å²) in [5.41, 5.74) is 0.432. The average molecular weight is 441 g/mol. The zero-order valence-corrected chi connectivity index (χ0v) is 18.2. The van der Waals surface area contributed by atoms with Crippen molar-refractivity contribution >= 4 is 15.7 Å². The van der Waals surface area contributed by atoms with Gasteiger partial charge in [0.05, 0.1) is 37.3 Å². The number of benzene rings is 2. The van der Waals surface area contributed by atoms with E-state index in [0.29, 0.717) is 18.0 Å². The summed E-state index contributed by atoms with van der Waals surface area (Å²) in [4.78, 5) is 1.52. The van der Waals surface area contributed by atoms with E-state index >= 15 is 0 Å². The Labute approximate surface area is 179 Å². The van der Waals surface area contributed by atoms with Gasteiger partial charge in [0.2, 0.25) is 0 Å². The molecule has 6 nitrogen and oxygen atoms in total. The second-order valence-electron chi connectivity index (χ2n) is 7.19. The van der Waals surface area contributed by atoms with Crippen LogP contribution in [0.15, 0.2) is 59.5 Å². The van der Waals surface area contributed by atoms with Crippen molar-refractivity contribution in [3.63, 3.8) is 0 Å². The number of nitrogens with one attached hydrogen (secondary N) is 1. The predicted octanol–water partition coefficient (Wildman–Crippen LogP) is -1.68. The maximum atomic E-state index is 13.4. The van der Waals surface area contributed by atoms with Crippen LogP contribution in [0.1, 0.15) is 19.3 Å². The van der Waals surface area contributed by atoms with Gasteiger partial charge >= 0.3 is 0 Å². The zero-order chi connectivity index (χ0) is 20.0. The van der Waals surface area contributed by atoms with E-state index in [4.69, 9.17) is 4.74 Å². The van der Waals surface area contributed by atoms with Gasteiger partial charge in [-0.05, 0) is 43.5 Å². The van der Waals surface area contributed by atoms with Gasteiger partial charge in [-0.3, -0.25) is 4.31 Å². The van der Waals surface area contributed by atoms with Gasteiger partial charge < -0.3 is 27.2 Å². The summed E-state index contributed by atoms with van der Waals surface area (Å²) in [6.07, 6.45) is 2.77. The number of hydrogen-bond donors (Lipinski definition) is 2. The second-order valence-corrected chi connectivity index (χ2v) is 9.05. The molecule has 1 atom stereocenters. The number of nitrogens with zero attached hydrogens (tertiary/aromatic N) is 1. The molecule has 0 saturated carbocycles. The Hall–Kier alpha value is -1.80. The van der Waals surface area contributed by atoms with Crippen LogP contribution in [-0.4, -0.2) is 52.9 Å². The zero-order valence-electron chi connectivity index (χ0n) is 16.6. The number of quaternary nitrogens is 1. The predicted molar refractivity (Wildman–Crippen MR) is 109 cm³/mol. The number of anilines is 1. The highest BCUT2D eigenvalue weighted by Crippen LogP contribution is 2.32. The van der Waals surface area contributed by atoms with Gasteiger partial charge in [0.1, 0.15) is 18.4 Å². The van der Waals surface area contributed by atoms with E-state index in [1.807, 2.05) is 0 Å². The van der Waals surface area contributed by atoms with Crippen molar-refractivity contribution < 1.29 is 35.6 Å². The summed E-state index contributed by atoms with van der Waals surface area (Å²) in [7, 11) is -2.32. The van der Waals surface area contributed by atoms with Gasteiger partial charge in [-0.1, -0.05) is 30.3 Å². The third-order valence-corrected chi connectivity index (χ3v) is 6.94. The van der Waals surface area contributed by atoms with Gasteiger partial charge in [-0.25, -0.2) is 8.42 Å². The van der Waals surface area contributed by atoms with Crippen LogP contribution in [0.5, 0.6) is 5.75 Å². The van der Waals surface area contributed by atoms with Crippen LogP contribution in [0.4, 0.5) is 5.69 Å². The van der Waals surface area contributed by atoms with Gasteiger partial charge in [-0.15, -0.1) is 0 Å². The van der Waals surface area contributed by atoms with E-state index < -0.39 is 16.1 Å². The topological polar surface area (TPSA) is 71.3 Å². The first-order valence-electron chi connectivity index (χ1n) is 9.75. The minimum absolute atomic E-state index is 0. The molecule has 2 aromatic rings. The third kappa shape index (κ3) is 5.85. The molecule has 1 aliphatic heterocycles. The number of rotatable bonds is 8. The molecule has 0 spiro atoms. The van der Waals surface area contributed by atoms with E-state index in [9.17, 15) is 13.5 Å². The van der Waals surface area contributed by atoms with Crippen LogP contribution in [-0.2, 0) is 10.0 Å². The summed E-state index contributed by atoms with van der Waals surface area (Å²) >= 11 is 0. The van der Waals surface area contributed by atoms with Crippen LogP contribution >= 0.6 is 0 Å². The fourth-order valence-electron chi connectivity index (χ4n) is 3.73. The minimum atomic E-state index is -3.84. The van der Waals surface area contributed by atoms with Crippen LogP contribution in [0.2, 0.25) is 0 Å². The van der Waals surface area contributed by atoms with Gasteiger partial charge in [-0.2, -0.15) is 0 Å². The molecule has 0 bridgehead atoms. The number of sulfonamides is 1.